The van der Waals surface area contributed by atoms with Crippen LogP contribution in [0.25, 0.3) is 0 Å². The van der Waals surface area contributed by atoms with Crippen molar-refractivity contribution in [2.45, 2.75) is 12.8 Å². The maximum absolute atomic E-state index is 13.0. The van der Waals surface area contributed by atoms with Gasteiger partial charge in [0, 0.05) is 12.6 Å². The molecule has 0 aromatic heterocycles. The maximum atomic E-state index is 13.0. The fourth-order valence-electron chi connectivity index (χ4n) is 5.49. The average molecular weight is 463 g/mol. The number of anilines is 2. The smallest absolute Gasteiger partial charge is 0.294 e. The van der Waals surface area contributed by atoms with Gasteiger partial charge < -0.3 is 14.8 Å². The molecule has 1 heterocycles. The van der Waals surface area contributed by atoms with Gasteiger partial charge in [-0.05, 0) is 54.5 Å². The van der Waals surface area contributed by atoms with Gasteiger partial charge in [-0.15, -0.1) is 0 Å². The molecule has 1 saturated heterocycles. The van der Waals surface area contributed by atoms with Crippen LogP contribution in [0.3, 0.4) is 0 Å². The fraction of sp³-hybridized carbons (Fsp3) is 0.360. The van der Waals surface area contributed by atoms with Crippen molar-refractivity contribution in [2.75, 3.05) is 31.0 Å². The number of imide groups is 1. The van der Waals surface area contributed by atoms with Gasteiger partial charge in [0.1, 0.15) is 5.69 Å². The molecule has 0 spiro atoms. The van der Waals surface area contributed by atoms with Gasteiger partial charge in [0.25, 0.3) is 5.69 Å². The van der Waals surface area contributed by atoms with Crippen LogP contribution in [0.5, 0.6) is 11.5 Å². The molecular weight excluding hydrogens is 438 g/mol. The zero-order valence-corrected chi connectivity index (χ0v) is 18.9. The molecule has 176 valence electrons. The summed E-state index contributed by atoms with van der Waals surface area (Å²) in [5.74, 6) is 0.216. The van der Waals surface area contributed by atoms with Crippen molar-refractivity contribution >= 4 is 28.9 Å². The Morgan fingerprint density at radius 3 is 2.29 bits per heavy atom. The van der Waals surface area contributed by atoms with E-state index in [0.29, 0.717) is 30.2 Å². The van der Waals surface area contributed by atoms with Gasteiger partial charge >= 0.3 is 0 Å². The number of benzene rings is 2. The zero-order valence-electron chi connectivity index (χ0n) is 18.9. The van der Waals surface area contributed by atoms with E-state index in [1.54, 1.807) is 26.4 Å². The van der Waals surface area contributed by atoms with Crippen LogP contribution in [0.4, 0.5) is 17.1 Å². The lowest BCUT2D eigenvalue weighted by molar-refractivity contribution is -0.383. The summed E-state index contributed by atoms with van der Waals surface area (Å²) in [6, 6.07) is 10.0. The topological polar surface area (TPSA) is 111 Å². The Morgan fingerprint density at radius 2 is 1.68 bits per heavy atom. The van der Waals surface area contributed by atoms with Crippen LogP contribution in [-0.4, -0.2) is 37.5 Å². The van der Waals surface area contributed by atoms with E-state index in [1.807, 2.05) is 30.4 Å². The number of rotatable bonds is 8. The number of hydrogen-bond acceptors (Lipinski definition) is 7. The van der Waals surface area contributed by atoms with Gasteiger partial charge in [0.2, 0.25) is 11.8 Å². The van der Waals surface area contributed by atoms with Crippen molar-refractivity contribution < 1.29 is 24.0 Å². The molecule has 1 N–H and O–H groups in total. The summed E-state index contributed by atoms with van der Waals surface area (Å²) < 4.78 is 10.6. The second kappa shape index (κ2) is 8.48. The third-order valence-electron chi connectivity index (χ3n) is 7.08. The number of hydrogen-bond donors (Lipinski definition) is 1. The van der Waals surface area contributed by atoms with Crippen molar-refractivity contribution in [3.05, 3.63) is 64.2 Å². The van der Waals surface area contributed by atoms with Crippen molar-refractivity contribution in [1.29, 1.82) is 0 Å². The van der Waals surface area contributed by atoms with Crippen molar-refractivity contribution in [1.82, 2.24) is 0 Å². The fourth-order valence-corrected chi connectivity index (χ4v) is 5.49. The highest BCUT2D eigenvalue weighted by Gasteiger charge is 2.59. The molecule has 0 radical (unpaired) electrons. The predicted molar refractivity (Wildman–Crippen MR) is 125 cm³/mol. The number of nitro groups is 1. The summed E-state index contributed by atoms with van der Waals surface area (Å²) in [7, 11) is 3.13. The van der Waals surface area contributed by atoms with E-state index in [0.717, 1.165) is 16.9 Å². The number of nitrogens with zero attached hydrogens (tertiary/aromatic N) is 2. The zero-order chi connectivity index (χ0) is 24.0. The van der Waals surface area contributed by atoms with Gasteiger partial charge in [-0.2, -0.15) is 0 Å². The lowest BCUT2D eigenvalue weighted by atomic mass is 9.85. The molecule has 5 rings (SSSR count). The molecule has 2 aliphatic carbocycles. The lowest BCUT2D eigenvalue weighted by Crippen LogP contribution is -2.32. The Bertz CT molecular complexity index is 1180. The largest absolute Gasteiger partial charge is 0.493 e. The van der Waals surface area contributed by atoms with E-state index in [2.05, 4.69) is 5.32 Å². The summed E-state index contributed by atoms with van der Waals surface area (Å²) in [5.41, 5.74) is 1.38. The minimum atomic E-state index is -0.501. The molecule has 2 aromatic carbocycles. The Hall–Kier alpha value is -3.88. The number of ether oxygens (including phenoxy) is 2. The first-order chi connectivity index (χ1) is 16.4. The molecule has 4 unspecified atom stereocenters. The Labute approximate surface area is 196 Å². The van der Waals surface area contributed by atoms with E-state index in [9.17, 15) is 19.7 Å². The van der Waals surface area contributed by atoms with E-state index in [4.69, 9.17) is 9.47 Å². The van der Waals surface area contributed by atoms with Crippen LogP contribution in [0.1, 0.15) is 12.0 Å². The third-order valence-corrected chi connectivity index (χ3v) is 7.08. The molecular formula is C25H25N3O6. The summed E-state index contributed by atoms with van der Waals surface area (Å²) in [4.78, 5) is 38.5. The predicted octanol–water partition coefficient (Wildman–Crippen LogP) is 3.58. The van der Waals surface area contributed by atoms with Gasteiger partial charge in [0.15, 0.2) is 11.5 Å². The number of fused-ring (bicyclic) bond motifs is 5. The molecule has 1 aliphatic heterocycles. The summed E-state index contributed by atoms with van der Waals surface area (Å²) in [5, 5.41) is 14.9. The Balaban J connectivity index is 1.32. The highest BCUT2D eigenvalue weighted by molar-refractivity contribution is 6.23. The lowest BCUT2D eigenvalue weighted by Gasteiger charge is -2.18. The van der Waals surface area contributed by atoms with Crippen LogP contribution in [0.2, 0.25) is 0 Å². The first kappa shape index (κ1) is 21.9. The number of carbonyl (C=O) groups excluding carboxylic acids is 2. The van der Waals surface area contributed by atoms with E-state index in [1.165, 1.54) is 6.07 Å². The van der Waals surface area contributed by atoms with Crippen LogP contribution >= 0.6 is 0 Å². The second-order valence-corrected chi connectivity index (χ2v) is 8.84. The summed E-state index contributed by atoms with van der Waals surface area (Å²) in [6.07, 6.45) is 5.48. The highest BCUT2D eigenvalue weighted by atomic mass is 16.6. The number of methoxy groups -OCH3 is 2. The quantitative estimate of drug-likeness (QED) is 0.276. The number of nitrogens with one attached hydrogen (secondary N) is 1. The minimum Gasteiger partial charge on any atom is -0.493 e. The van der Waals surface area contributed by atoms with Crippen LogP contribution in [0, 0.1) is 33.8 Å². The van der Waals surface area contributed by atoms with E-state index >= 15 is 0 Å². The van der Waals surface area contributed by atoms with E-state index in [-0.39, 0.29) is 46.9 Å². The Kier molecular flexibility index (Phi) is 5.47. The molecule has 2 amide bonds. The minimum absolute atomic E-state index is 0.0870. The van der Waals surface area contributed by atoms with Crippen LogP contribution in [0.15, 0.2) is 48.6 Å². The molecule has 1 saturated carbocycles. The number of allylic oxidation sites excluding steroid dienone is 2. The highest BCUT2D eigenvalue weighted by Crippen LogP contribution is 2.53. The third kappa shape index (κ3) is 3.48. The average Bonchev–Trinajstić information content (AvgIpc) is 3.52. The molecule has 2 bridgehead atoms. The van der Waals surface area contributed by atoms with E-state index < -0.39 is 4.92 Å². The molecule has 2 aromatic rings. The Morgan fingerprint density at radius 1 is 1.00 bits per heavy atom. The molecule has 34 heavy (non-hydrogen) atoms. The van der Waals surface area contributed by atoms with Gasteiger partial charge in [-0.25, -0.2) is 4.90 Å². The molecule has 9 heteroatoms. The number of nitro benzene ring substituents is 1. The van der Waals surface area contributed by atoms with Crippen molar-refractivity contribution in [2.24, 2.45) is 23.7 Å². The van der Waals surface area contributed by atoms with Crippen molar-refractivity contribution in [3.63, 3.8) is 0 Å². The number of amides is 2. The molecule has 3 aliphatic rings. The SMILES string of the molecule is COc1ccc(CCNc2ccc(N3C(=O)C4C5C=CC(C5)C4C3=O)cc2[N+](=O)[O-])cc1OC. The van der Waals surface area contributed by atoms with Crippen molar-refractivity contribution in [3.8, 4) is 11.5 Å². The van der Waals surface area contributed by atoms with Crippen LogP contribution in [-0.2, 0) is 16.0 Å². The summed E-state index contributed by atoms with van der Waals surface area (Å²) in [6.45, 7) is 0.441. The maximum Gasteiger partial charge on any atom is 0.294 e. The van der Waals surface area contributed by atoms with Gasteiger partial charge in [-0.1, -0.05) is 18.2 Å². The molecule has 9 nitrogen and oxygen atoms in total. The van der Waals surface area contributed by atoms with Gasteiger partial charge in [-0.3, -0.25) is 19.7 Å². The van der Waals surface area contributed by atoms with Crippen LogP contribution < -0.4 is 19.7 Å². The number of carbonyl (C=O) groups is 2. The monoisotopic (exact) mass is 463 g/mol. The normalized spacial score (nSPS) is 24.5. The van der Waals surface area contributed by atoms with Gasteiger partial charge in [0.05, 0.1) is 36.7 Å². The second-order valence-electron chi connectivity index (χ2n) is 8.84. The standard InChI is InChI=1S/C25H25N3O6/c1-33-20-8-3-14(11-21(20)34-2)9-10-26-18-7-6-17(13-19(18)28(31)32)27-24(29)22-15-4-5-16(12-15)23(22)25(27)30/h3-8,11,13,15-16,22-23,26H,9-10,12H2,1-2H3. The first-order valence-corrected chi connectivity index (χ1v) is 11.2. The molecule has 4 atom stereocenters. The first-order valence-electron chi connectivity index (χ1n) is 11.2. The summed E-state index contributed by atoms with van der Waals surface area (Å²) >= 11 is 0. The molecule has 2 fully saturated rings.